The van der Waals surface area contributed by atoms with Crippen molar-refractivity contribution in [3.63, 3.8) is 0 Å². The number of hydrogen-bond donors (Lipinski definition) is 1. The number of halogens is 1. The molecule has 0 amide bonds. The van der Waals surface area contributed by atoms with Gasteiger partial charge in [0.2, 0.25) is 5.95 Å². The fourth-order valence-corrected chi connectivity index (χ4v) is 0.327. The molecule has 1 aromatic heterocycles. The topological polar surface area (TPSA) is 45.8 Å². The zero-order valence-corrected chi connectivity index (χ0v) is 3.89. The van der Waals surface area contributed by atoms with E-state index in [-0.39, 0.29) is 0 Å². The zero-order valence-electron chi connectivity index (χ0n) is 3.89. The molecule has 0 spiro atoms. The van der Waals surface area contributed by atoms with Crippen molar-refractivity contribution in [1.82, 2.24) is 10.2 Å². The van der Waals surface area contributed by atoms with Crippen molar-refractivity contribution in [3.8, 4) is 0 Å². The number of nitrogens with one attached hydrogen (secondary N) is 1. The third kappa shape index (κ3) is 0.900. The van der Waals surface area contributed by atoms with Crippen molar-refractivity contribution in [2.24, 2.45) is 0 Å². The van der Waals surface area contributed by atoms with Crippen molar-refractivity contribution in [1.29, 1.82) is 0 Å². The quantitative estimate of drug-likeness (QED) is 0.512. The fourth-order valence-electron chi connectivity index (χ4n) is 0.327. The smallest absolute Gasteiger partial charge is 0.264 e. The highest BCUT2D eigenvalue weighted by Crippen LogP contribution is 1.79. The molecule has 0 radical (unpaired) electrons. The third-order valence-corrected chi connectivity index (χ3v) is 0.645. The minimum atomic E-state index is -0.676. The Bertz CT molecular complexity index is 211. The van der Waals surface area contributed by atoms with E-state index in [1.54, 1.807) is 0 Å². The molecule has 0 bridgehead atoms. The van der Waals surface area contributed by atoms with Gasteiger partial charge in [0.25, 0.3) is 5.56 Å². The molecule has 0 aliphatic heterocycles. The molecule has 3 nitrogen and oxygen atoms in total. The van der Waals surface area contributed by atoms with E-state index < -0.39 is 11.5 Å². The summed E-state index contributed by atoms with van der Waals surface area (Å²) in [6, 6.07) is 2.07. The van der Waals surface area contributed by atoms with Crippen molar-refractivity contribution < 1.29 is 4.39 Å². The van der Waals surface area contributed by atoms with E-state index in [0.29, 0.717) is 0 Å². The van der Waals surface area contributed by atoms with Gasteiger partial charge in [0, 0.05) is 12.1 Å². The third-order valence-electron chi connectivity index (χ3n) is 0.645. The Morgan fingerprint density at radius 1 is 1.62 bits per heavy atom. The maximum atomic E-state index is 11.8. The van der Waals surface area contributed by atoms with Crippen LogP contribution in [0, 0.1) is 5.95 Å². The van der Waals surface area contributed by atoms with Crippen LogP contribution in [0.25, 0.3) is 0 Å². The van der Waals surface area contributed by atoms with Gasteiger partial charge in [0.05, 0.1) is 0 Å². The van der Waals surface area contributed by atoms with Gasteiger partial charge in [-0.15, -0.1) is 5.10 Å². The molecule has 0 atom stereocenters. The molecule has 1 aromatic rings. The Balaban J connectivity index is 3.22. The van der Waals surface area contributed by atoms with Gasteiger partial charge < -0.3 is 0 Å². The van der Waals surface area contributed by atoms with Gasteiger partial charge in [0.15, 0.2) is 0 Å². The SMILES string of the molecule is O=c1ccc(F)n[nH]1. The highest BCUT2D eigenvalue weighted by atomic mass is 19.1. The second kappa shape index (κ2) is 1.73. The lowest BCUT2D eigenvalue weighted by atomic mass is 10.6. The number of nitrogens with zero attached hydrogens (tertiary/aromatic N) is 1. The van der Waals surface area contributed by atoms with E-state index in [1.807, 2.05) is 5.10 Å². The summed E-state index contributed by atoms with van der Waals surface area (Å²) in [7, 11) is 0. The summed E-state index contributed by atoms with van der Waals surface area (Å²) in [5, 5.41) is 4.89. The summed E-state index contributed by atoms with van der Waals surface area (Å²) in [6.07, 6.45) is 0. The largest absolute Gasteiger partial charge is 0.268 e. The first-order valence-electron chi connectivity index (χ1n) is 2.00. The summed E-state index contributed by atoms with van der Waals surface area (Å²) >= 11 is 0. The molecule has 1 rings (SSSR count). The van der Waals surface area contributed by atoms with Crippen LogP contribution in [0.15, 0.2) is 16.9 Å². The van der Waals surface area contributed by atoms with Crippen LogP contribution >= 0.6 is 0 Å². The molecule has 0 aliphatic rings. The maximum Gasteiger partial charge on any atom is 0.264 e. The molecule has 0 saturated heterocycles. The maximum absolute atomic E-state index is 11.8. The summed E-state index contributed by atoms with van der Waals surface area (Å²) in [5.41, 5.74) is -0.397. The van der Waals surface area contributed by atoms with E-state index >= 15 is 0 Å². The van der Waals surface area contributed by atoms with Crippen molar-refractivity contribution in [3.05, 3.63) is 28.4 Å². The molecule has 0 aliphatic carbocycles. The van der Waals surface area contributed by atoms with Gasteiger partial charge in [-0.2, -0.15) is 4.39 Å². The Morgan fingerprint density at radius 2 is 2.38 bits per heavy atom. The lowest BCUT2D eigenvalue weighted by Crippen LogP contribution is -2.05. The van der Waals surface area contributed by atoms with Crippen molar-refractivity contribution >= 4 is 0 Å². The Kier molecular flexibility index (Phi) is 1.07. The van der Waals surface area contributed by atoms with Crippen LogP contribution in [0.4, 0.5) is 4.39 Å². The van der Waals surface area contributed by atoms with Gasteiger partial charge in [-0.3, -0.25) is 4.79 Å². The first kappa shape index (κ1) is 4.96. The van der Waals surface area contributed by atoms with Gasteiger partial charge in [-0.05, 0) is 0 Å². The Labute approximate surface area is 44.2 Å². The Hall–Kier alpha value is -1.19. The molecule has 42 valence electrons. The Morgan fingerprint density at radius 3 is 2.75 bits per heavy atom. The van der Waals surface area contributed by atoms with E-state index in [2.05, 4.69) is 5.10 Å². The fraction of sp³-hybridized carbons (Fsp3) is 0. The molecular formula is C4H3FN2O. The van der Waals surface area contributed by atoms with Gasteiger partial charge >= 0.3 is 0 Å². The molecule has 0 aromatic carbocycles. The van der Waals surface area contributed by atoms with Crippen LogP contribution in [-0.4, -0.2) is 10.2 Å². The van der Waals surface area contributed by atoms with Gasteiger partial charge in [0.1, 0.15) is 0 Å². The second-order valence-electron chi connectivity index (χ2n) is 1.24. The molecule has 0 unspecified atom stereocenters. The standard InChI is InChI=1S/C4H3FN2O/c5-3-1-2-4(8)7-6-3/h1-2H,(H,7,8). The summed E-state index contributed by atoms with van der Waals surface area (Å²) < 4.78 is 11.8. The van der Waals surface area contributed by atoms with Crippen LogP contribution in [0.2, 0.25) is 0 Å². The lowest BCUT2D eigenvalue weighted by Gasteiger charge is -1.79. The lowest BCUT2D eigenvalue weighted by molar-refractivity contribution is 0.560. The zero-order chi connectivity index (χ0) is 5.98. The predicted octanol–water partition coefficient (Wildman–Crippen LogP) is -0.0910. The minimum absolute atomic E-state index is 0.397. The highest BCUT2D eigenvalue weighted by Gasteiger charge is 1.84. The average Bonchev–Trinajstić information content (AvgIpc) is 1.77. The van der Waals surface area contributed by atoms with E-state index in [9.17, 15) is 9.18 Å². The first-order valence-corrected chi connectivity index (χ1v) is 2.00. The van der Waals surface area contributed by atoms with Gasteiger partial charge in [-0.1, -0.05) is 0 Å². The molecular weight excluding hydrogens is 111 g/mol. The van der Waals surface area contributed by atoms with E-state index in [4.69, 9.17) is 0 Å². The van der Waals surface area contributed by atoms with Crippen LogP contribution in [0.3, 0.4) is 0 Å². The highest BCUT2D eigenvalue weighted by molar-refractivity contribution is 4.84. The van der Waals surface area contributed by atoms with Gasteiger partial charge in [-0.25, -0.2) is 5.10 Å². The molecule has 0 fully saturated rings. The number of rotatable bonds is 0. The molecule has 1 N–H and O–H groups in total. The minimum Gasteiger partial charge on any atom is -0.268 e. The van der Waals surface area contributed by atoms with E-state index in [1.165, 1.54) is 0 Å². The number of H-pyrrole nitrogens is 1. The second-order valence-corrected chi connectivity index (χ2v) is 1.24. The monoisotopic (exact) mass is 114 g/mol. The number of hydrogen-bond acceptors (Lipinski definition) is 2. The summed E-state index contributed by atoms with van der Waals surface area (Å²) in [6.45, 7) is 0. The van der Waals surface area contributed by atoms with Crippen molar-refractivity contribution in [2.45, 2.75) is 0 Å². The molecule has 4 heteroatoms. The van der Waals surface area contributed by atoms with Crippen LogP contribution in [0.5, 0.6) is 0 Å². The van der Waals surface area contributed by atoms with Crippen molar-refractivity contribution in [2.75, 3.05) is 0 Å². The van der Waals surface area contributed by atoms with Crippen LogP contribution < -0.4 is 5.56 Å². The first-order chi connectivity index (χ1) is 3.79. The van der Waals surface area contributed by atoms with Crippen LogP contribution in [-0.2, 0) is 0 Å². The number of aromatic amines is 1. The average molecular weight is 114 g/mol. The molecule has 8 heavy (non-hydrogen) atoms. The molecule has 0 saturated carbocycles. The summed E-state index contributed by atoms with van der Waals surface area (Å²) in [4.78, 5) is 10.1. The van der Waals surface area contributed by atoms with E-state index in [0.717, 1.165) is 12.1 Å². The molecule has 1 heterocycles. The normalized spacial score (nSPS) is 9.12. The van der Waals surface area contributed by atoms with Crippen LogP contribution in [0.1, 0.15) is 0 Å². The number of aromatic nitrogens is 2. The predicted molar refractivity (Wildman–Crippen MR) is 24.8 cm³/mol. The summed E-state index contributed by atoms with van der Waals surface area (Å²) in [5.74, 6) is -0.676.